The first-order chi connectivity index (χ1) is 13.5. The number of nitrogens with zero attached hydrogens (tertiary/aromatic N) is 2. The Morgan fingerprint density at radius 2 is 1.64 bits per heavy atom. The minimum Gasteiger partial charge on any atom is -0.438 e. The maximum Gasteiger partial charge on any atom is 0.255 e. The number of amides is 1. The van der Waals surface area contributed by atoms with E-state index in [1.54, 1.807) is 24.3 Å². The van der Waals surface area contributed by atoms with Crippen molar-refractivity contribution < 1.29 is 9.53 Å². The number of carbonyl (C=O) groups is 1. The van der Waals surface area contributed by atoms with Crippen LogP contribution in [0.25, 0.3) is 22.2 Å². The van der Waals surface area contributed by atoms with Gasteiger partial charge in [-0.1, -0.05) is 59.6 Å². The smallest absolute Gasteiger partial charge is 0.255 e. The van der Waals surface area contributed by atoms with Crippen molar-refractivity contribution in [1.29, 1.82) is 0 Å². The number of primary amides is 1. The van der Waals surface area contributed by atoms with Gasteiger partial charge in [0.25, 0.3) is 5.91 Å². The normalized spacial score (nSPS) is 10.8. The fourth-order valence-corrected chi connectivity index (χ4v) is 3.35. The second-order valence-corrected chi connectivity index (χ2v) is 6.80. The molecule has 138 valence electrons. The average Bonchev–Trinajstić information content (AvgIpc) is 2.68. The Balaban J connectivity index is 1.80. The summed E-state index contributed by atoms with van der Waals surface area (Å²) in [7, 11) is 0. The first-order valence-electron chi connectivity index (χ1n) is 8.31. The van der Waals surface area contributed by atoms with Gasteiger partial charge in [-0.25, -0.2) is 4.98 Å². The zero-order chi connectivity index (χ0) is 19.7. The molecule has 4 rings (SSSR count). The van der Waals surface area contributed by atoms with Crippen LogP contribution in [0.5, 0.6) is 11.6 Å². The topological polar surface area (TPSA) is 78.1 Å². The molecule has 0 atom stereocenters. The largest absolute Gasteiger partial charge is 0.438 e. The average molecular weight is 410 g/mol. The molecule has 0 spiro atoms. The van der Waals surface area contributed by atoms with Gasteiger partial charge >= 0.3 is 0 Å². The third-order valence-corrected chi connectivity index (χ3v) is 4.77. The SMILES string of the molecule is NC(=O)c1cnc(-c2c(Cl)cccc2Cl)nc1Oc1ccc2ccccc2c1. The van der Waals surface area contributed by atoms with Crippen molar-refractivity contribution >= 4 is 39.9 Å². The summed E-state index contributed by atoms with van der Waals surface area (Å²) in [6, 6.07) is 18.5. The third-order valence-electron chi connectivity index (χ3n) is 4.14. The lowest BCUT2D eigenvalue weighted by atomic mass is 10.1. The Morgan fingerprint density at radius 1 is 0.929 bits per heavy atom. The van der Waals surface area contributed by atoms with E-state index in [-0.39, 0.29) is 17.3 Å². The standard InChI is InChI=1S/C21H13Cl2N3O2/c22-16-6-3-7-17(23)18(16)20-25-11-15(19(24)27)21(26-20)28-14-9-8-12-4-1-2-5-13(12)10-14/h1-11H,(H2,24,27). The molecule has 28 heavy (non-hydrogen) atoms. The molecule has 1 aromatic heterocycles. The van der Waals surface area contributed by atoms with Gasteiger partial charge in [0.1, 0.15) is 11.3 Å². The molecule has 4 aromatic rings. The molecule has 0 aliphatic heterocycles. The molecule has 0 fully saturated rings. The quantitative estimate of drug-likeness (QED) is 0.482. The summed E-state index contributed by atoms with van der Waals surface area (Å²) in [5.74, 6) is 0.0730. The van der Waals surface area contributed by atoms with Gasteiger partial charge in [-0.2, -0.15) is 4.98 Å². The Labute approximate surface area is 170 Å². The minimum absolute atomic E-state index is 0.0313. The number of rotatable bonds is 4. The molecular formula is C21H13Cl2N3O2. The van der Waals surface area contributed by atoms with Gasteiger partial charge in [-0.3, -0.25) is 4.79 Å². The second-order valence-electron chi connectivity index (χ2n) is 5.98. The Hall–Kier alpha value is -3.15. The fraction of sp³-hybridized carbons (Fsp3) is 0. The predicted molar refractivity (Wildman–Crippen MR) is 110 cm³/mol. The van der Waals surface area contributed by atoms with Crippen LogP contribution in [0.1, 0.15) is 10.4 Å². The van der Waals surface area contributed by atoms with E-state index < -0.39 is 5.91 Å². The maximum absolute atomic E-state index is 11.8. The van der Waals surface area contributed by atoms with Crippen LogP contribution in [-0.2, 0) is 0 Å². The predicted octanol–water partition coefficient (Wildman–Crippen LogP) is 5.49. The summed E-state index contributed by atoms with van der Waals surface area (Å²) in [6.07, 6.45) is 1.31. The van der Waals surface area contributed by atoms with Crippen LogP contribution < -0.4 is 10.5 Å². The number of halogens is 2. The van der Waals surface area contributed by atoms with Gasteiger partial charge in [0.15, 0.2) is 5.82 Å². The molecule has 0 radical (unpaired) electrons. The lowest BCUT2D eigenvalue weighted by molar-refractivity contribution is 0.0997. The highest BCUT2D eigenvalue weighted by atomic mass is 35.5. The number of fused-ring (bicyclic) bond motifs is 1. The lowest BCUT2D eigenvalue weighted by Gasteiger charge is -2.11. The van der Waals surface area contributed by atoms with Crippen LogP contribution in [0, 0.1) is 0 Å². The summed E-state index contributed by atoms with van der Waals surface area (Å²) in [6.45, 7) is 0. The zero-order valence-electron chi connectivity index (χ0n) is 14.4. The maximum atomic E-state index is 11.8. The van der Waals surface area contributed by atoms with Crippen LogP contribution >= 0.6 is 23.2 Å². The van der Waals surface area contributed by atoms with Crippen molar-refractivity contribution in [3.63, 3.8) is 0 Å². The highest BCUT2D eigenvalue weighted by molar-refractivity contribution is 6.39. The third kappa shape index (κ3) is 3.50. The molecule has 5 nitrogen and oxygen atoms in total. The highest BCUT2D eigenvalue weighted by Gasteiger charge is 2.18. The molecule has 0 aliphatic rings. The highest BCUT2D eigenvalue weighted by Crippen LogP contribution is 2.34. The van der Waals surface area contributed by atoms with Crippen molar-refractivity contribution in [3.05, 3.63) is 82.5 Å². The number of hydrogen-bond donors (Lipinski definition) is 1. The van der Waals surface area contributed by atoms with Crippen LogP contribution in [-0.4, -0.2) is 15.9 Å². The fourth-order valence-electron chi connectivity index (χ4n) is 2.79. The second kappa shape index (κ2) is 7.46. The zero-order valence-corrected chi connectivity index (χ0v) is 15.9. The van der Waals surface area contributed by atoms with Gasteiger partial charge in [-0.05, 0) is 35.0 Å². The Kier molecular flexibility index (Phi) is 4.86. The summed E-state index contributed by atoms with van der Waals surface area (Å²) in [4.78, 5) is 20.4. The molecule has 1 heterocycles. The summed E-state index contributed by atoms with van der Waals surface area (Å²) >= 11 is 12.5. The number of nitrogens with two attached hydrogens (primary N) is 1. The number of hydrogen-bond acceptors (Lipinski definition) is 4. The van der Waals surface area contributed by atoms with E-state index in [9.17, 15) is 4.79 Å². The summed E-state index contributed by atoms with van der Waals surface area (Å²) in [5.41, 5.74) is 5.96. The monoisotopic (exact) mass is 409 g/mol. The van der Waals surface area contributed by atoms with E-state index in [0.29, 0.717) is 21.4 Å². The molecule has 0 saturated carbocycles. The summed E-state index contributed by atoms with van der Waals surface area (Å²) < 4.78 is 5.88. The van der Waals surface area contributed by atoms with E-state index in [1.807, 2.05) is 36.4 Å². The number of ether oxygens (including phenoxy) is 1. The van der Waals surface area contributed by atoms with Crippen molar-refractivity contribution in [3.8, 4) is 23.0 Å². The van der Waals surface area contributed by atoms with Crippen molar-refractivity contribution in [1.82, 2.24) is 9.97 Å². The van der Waals surface area contributed by atoms with Crippen molar-refractivity contribution in [2.45, 2.75) is 0 Å². The number of carbonyl (C=O) groups excluding carboxylic acids is 1. The van der Waals surface area contributed by atoms with Gasteiger partial charge in [0, 0.05) is 6.20 Å². The van der Waals surface area contributed by atoms with E-state index in [1.165, 1.54) is 6.20 Å². The van der Waals surface area contributed by atoms with Gasteiger partial charge in [-0.15, -0.1) is 0 Å². The van der Waals surface area contributed by atoms with Gasteiger partial charge in [0.2, 0.25) is 5.88 Å². The van der Waals surface area contributed by atoms with E-state index >= 15 is 0 Å². The number of aromatic nitrogens is 2. The van der Waals surface area contributed by atoms with E-state index in [2.05, 4.69) is 9.97 Å². The summed E-state index contributed by atoms with van der Waals surface area (Å²) in [5, 5.41) is 2.83. The Bertz CT molecular complexity index is 1190. The van der Waals surface area contributed by atoms with Crippen LogP contribution in [0.2, 0.25) is 10.0 Å². The molecule has 0 unspecified atom stereocenters. The molecular weight excluding hydrogens is 397 g/mol. The molecule has 2 N–H and O–H groups in total. The first-order valence-corrected chi connectivity index (χ1v) is 9.06. The Morgan fingerprint density at radius 3 is 2.36 bits per heavy atom. The molecule has 1 amide bonds. The van der Waals surface area contributed by atoms with Gasteiger partial charge < -0.3 is 10.5 Å². The molecule has 0 aliphatic carbocycles. The van der Waals surface area contributed by atoms with E-state index in [0.717, 1.165) is 10.8 Å². The first kappa shape index (κ1) is 18.2. The minimum atomic E-state index is -0.701. The molecule has 3 aromatic carbocycles. The van der Waals surface area contributed by atoms with Crippen molar-refractivity contribution in [2.75, 3.05) is 0 Å². The lowest BCUT2D eigenvalue weighted by Crippen LogP contribution is -2.14. The van der Waals surface area contributed by atoms with E-state index in [4.69, 9.17) is 33.7 Å². The van der Waals surface area contributed by atoms with Crippen LogP contribution in [0.15, 0.2) is 66.9 Å². The molecule has 0 bridgehead atoms. The van der Waals surface area contributed by atoms with Crippen LogP contribution in [0.4, 0.5) is 0 Å². The molecule has 7 heteroatoms. The molecule has 0 saturated heterocycles. The van der Waals surface area contributed by atoms with Crippen LogP contribution in [0.3, 0.4) is 0 Å². The van der Waals surface area contributed by atoms with Gasteiger partial charge in [0.05, 0.1) is 15.6 Å². The number of benzene rings is 3. The van der Waals surface area contributed by atoms with Crippen molar-refractivity contribution in [2.24, 2.45) is 5.73 Å².